The summed E-state index contributed by atoms with van der Waals surface area (Å²) in [5, 5.41) is 8.53. The Morgan fingerprint density at radius 2 is 1.44 bits per heavy atom. The third kappa shape index (κ3) is 19.5. The van der Waals surface area contributed by atoms with E-state index in [2.05, 4.69) is 13.8 Å². The van der Waals surface area contributed by atoms with E-state index in [1.165, 1.54) is 51.4 Å². The Morgan fingerprint density at radius 3 is 2.04 bits per heavy atom. The molecular weight excluding hydrogens is 320 g/mol. The molecule has 0 rings (SSSR count). The Bertz CT molecular complexity index is 283. The largest absolute Gasteiger partial charge is 0.480 e. The Hall–Kier alpha value is -0.650. The molecule has 0 aliphatic carbocycles. The van der Waals surface area contributed by atoms with Gasteiger partial charge in [0.05, 0.1) is 25.9 Å². The van der Waals surface area contributed by atoms with Crippen LogP contribution in [-0.2, 0) is 19.0 Å². The van der Waals surface area contributed by atoms with Crippen molar-refractivity contribution in [1.82, 2.24) is 0 Å². The fourth-order valence-corrected chi connectivity index (χ4v) is 2.69. The zero-order chi connectivity index (χ0) is 18.6. The zero-order valence-corrected chi connectivity index (χ0v) is 16.5. The van der Waals surface area contributed by atoms with E-state index in [1.807, 2.05) is 0 Å². The van der Waals surface area contributed by atoms with Crippen molar-refractivity contribution >= 4 is 5.97 Å². The number of hydrogen-bond donors (Lipinski definition) is 1. The molecule has 0 fully saturated rings. The Kier molecular flexibility index (Phi) is 19.2. The van der Waals surface area contributed by atoms with Crippen LogP contribution in [0.5, 0.6) is 0 Å². The first-order valence-electron chi connectivity index (χ1n) is 10.2. The fourth-order valence-electron chi connectivity index (χ4n) is 2.69. The maximum absolute atomic E-state index is 10.4. The molecule has 0 bridgehead atoms. The molecule has 0 aliphatic rings. The molecule has 0 radical (unpaired) electrons. The van der Waals surface area contributed by atoms with Gasteiger partial charge in [-0.2, -0.15) is 0 Å². The molecule has 0 aliphatic heterocycles. The second-order valence-corrected chi connectivity index (χ2v) is 6.63. The minimum absolute atomic E-state index is 0.0875. The summed E-state index contributed by atoms with van der Waals surface area (Å²) < 4.78 is 16.4. The van der Waals surface area contributed by atoms with E-state index in [1.54, 1.807) is 0 Å². The van der Waals surface area contributed by atoms with E-state index >= 15 is 0 Å². The second kappa shape index (κ2) is 19.7. The molecule has 1 unspecified atom stereocenters. The number of rotatable bonds is 20. The van der Waals surface area contributed by atoms with Gasteiger partial charge in [-0.1, -0.05) is 71.6 Å². The average molecular weight is 361 g/mol. The van der Waals surface area contributed by atoms with Gasteiger partial charge in [-0.3, -0.25) is 0 Å². The molecule has 1 N–H and O–H groups in total. The third-order valence-electron chi connectivity index (χ3n) is 4.09. The van der Waals surface area contributed by atoms with Crippen molar-refractivity contribution in [2.24, 2.45) is 0 Å². The maximum atomic E-state index is 10.4. The predicted octanol–water partition coefficient (Wildman–Crippen LogP) is 4.82. The van der Waals surface area contributed by atoms with Crippen LogP contribution in [0.15, 0.2) is 0 Å². The van der Waals surface area contributed by atoms with Crippen LogP contribution in [0, 0.1) is 0 Å². The molecule has 0 aromatic carbocycles. The molecular formula is C20H40O5. The Morgan fingerprint density at radius 1 is 0.800 bits per heavy atom. The SMILES string of the molecule is CCCCCCCCCCCC(COCCC)OCCOCC(=O)O. The van der Waals surface area contributed by atoms with E-state index in [-0.39, 0.29) is 12.7 Å². The van der Waals surface area contributed by atoms with E-state index < -0.39 is 5.97 Å². The van der Waals surface area contributed by atoms with Crippen LogP contribution in [-0.4, -0.2) is 50.2 Å². The predicted molar refractivity (Wildman–Crippen MR) is 101 cm³/mol. The summed E-state index contributed by atoms with van der Waals surface area (Å²) >= 11 is 0. The quantitative estimate of drug-likeness (QED) is 0.315. The maximum Gasteiger partial charge on any atom is 0.329 e. The molecule has 150 valence electrons. The molecule has 0 saturated heterocycles. The second-order valence-electron chi connectivity index (χ2n) is 6.63. The molecule has 1 atom stereocenters. The van der Waals surface area contributed by atoms with Crippen molar-refractivity contribution in [1.29, 1.82) is 0 Å². The van der Waals surface area contributed by atoms with Gasteiger partial charge in [-0.25, -0.2) is 4.79 Å². The lowest BCUT2D eigenvalue weighted by Gasteiger charge is -2.18. The van der Waals surface area contributed by atoms with E-state index in [0.29, 0.717) is 19.8 Å². The van der Waals surface area contributed by atoms with Crippen LogP contribution in [0.25, 0.3) is 0 Å². The molecule has 5 nitrogen and oxygen atoms in total. The number of hydrogen-bond acceptors (Lipinski definition) is 4. The summed E-state index contributed by atoms with van der Waals surface area (Å²) in [4.78, 5) is 10.4. The number of carbonyl (C=O) groups is 1. The van der Waals surface area contributed by atoms with Crippen LogP contribution in [0.4, 0.5) is 0 Å². The molecule has 25 heavy (non-hydrogen) atoms. The smallest absolute Gasteiger partial charge is 0.329 e. The third-order valence-corrected chi connectivity index (χ3v) is 4.09. The molecule has 5 heteroatoms. The van der Waals surface area contributed by atoms with Crippen LogP contribution < -0.4 is 0 Å². The molecule has 0 amide bonds. The van der Waals surface area contributed by atoms with Gasteiger partial charge in [0.1, 0.15) is 6.61 Å². The molecule has 0 aromatic rings. The summed E-state index contributed by atoms with van der Waals surface area (Å²) in [6.07, 6.45) is 13.9. The fraction of sp³-hybridized carbons (Fsp3) is 0.950. The lowest BCUT2D eigenvalue weighted by Crippen LogP contribution is -2.23. The van der Waals surface area contributed by atoms with Crippen molar-refractivity contribution in [2.45, 2.75) is 90.6 Å². The van der Waals surface area contributed by atoms with Gasteiger partial charge in [-0.15, -0.1) is 0 Å². The first-order valence-corrected chi connectivity index (χ1v) is 10.2. The van der Waals surface area contributed by atoms with Gasteiger partial charge in [0, 0.05) is 6.61 Å². The van der Waals surface area contributed by atoms with Crippen LogP contribution >= 0.6 is 0 Å². The number of aliphatic carboxylic acids is 1. The summed E-state index contributed by atoms with van der Waals surface area (Å²) in [5.41, 5.74) is 0. The molecule has 0 spiro atoms. The highest BCUT2D eigenvalue weighted by molar-refractivity contribution is 5.67. The van der Waals surface area contributed by atoms with Crippen LogP contribution in [0.1, 0.15) is 84.5 Å². The van der Waals surface area contributed by atoms with Crippen molar-refractivity contribution in [3.63, 3.8) is 0 Å². The highest BCUT2D eigenvalue weighted by atomic mass is 16.6. The van der Waals surface area contributed by atoms with E-state index in [4.69, 9.17) is 19.3 Å². The number of carboxylic acid groups (broad SMARTS) is 1. The number of unbranched alkanes of at least 4 members (excludes halogenated alkanes) is 8. The van der Waals surface area contributed by atoms with Gasteiger partial charge in [0.15, 0.2) is 0 Å². The van der Waals surface area contributed by atoms with Crippen molar-refractivity contribution in [3.05, 3.63) is 0 Å². The summed E-state index contributed by atoms with van der Waals surface area (Å²) in [7, 11) is 0. The topological polar surface area (TPSA) is 65.0 Å². The average Bonchev–Trinajstić information content (AvgIpc) is 2.59. The van der Waals surface area contributed by atoms with Gasteiger partial charge in [0.25, 0.3) is 0 Å². The highest BCUT2D eigenvalue weighted by Gasteiger charge is 2.09. The van der Waals surface area contributed by atoms with Gasteiger partial charge < -0.3 is 19.3 Å². The van der Waals surface area contributed by atoms with E-state index in [0.717, 1.165) is 25.9 Å². The lowest BCUT2D eigenvalue weighted by atomic mass is 10.1. The highest BCUT2D eigenvalue weighted by Crippen LogP contribution is 2.13. The summed E-state index contributed by atoms with van der Waals surface area (Å²) in [5.74, 6) is -0.947. The minimum Gasteiger partial charge on any atom is -0.480 e. The van der Waals surface area contributed by atoms with Crippen molar-refractivity contribution < 1.29 is 24.1 Å². The summed E-state index contributed by atoms with van der Waals surface area (Å²) in [6, 6.07) is 0. The first kappa shape index (κ1) is 24.4. The Balaban J connectivity index is 3.66. The van der Waals surface area contributed by atoms with Crippen LogP contribution in [0.3, 0.4) is 0 Å². The standard InChI is InChI=1S/C20H40O5/c1-3-5-6-7-8-9-10-11-12-13-19(17-23-14-4-2)25-16-15-24-18-20(21)22/h19H,3-18H2,1-2H3,(H,21,22). The van der Waals surface area contributed by atoms with Gasteiger partial charge in [-0.05, 0) is 12.8 Å². The van der Waals surface area contributed by atoms with E-state index in [9.17, 15) is 4.79 Å². The normalized spacial score (nSPS) is 12.4. The monoisotopic (exact) mass is 360 g/mol. The molecule has 0 aromatic heterocycles. The van der Waals surface area contributed by atoms with Gasteiger partial charge in [0.2, 0.25) is 0 Å². The molecule has 0 heterocycles. The van der Waals surface area contributed by atoms with Crippen LogP contribution in [0.2, 0.25) is 0 Å². The number of carboxylic acids is 1. The Labute approximate surface area is 154 Å². The zero-order valence-electron chi connectivity index (χ0n) is 16.5. The van der Waals surface area contributed by atoms with Gasteiger partial charge >= 0.3 is 5.97 Å². The minimum atomic E-state index is -0.947. The first-order chi connectivity index (χ1) is 12.2. The lowest BCUT2D eigenvalue weighted by molar-refractivity contribution is -0.143. The van der Waals surface area contributed by atoms with Crippen molar-refractivity contribution in [2.75, 3.05) is 33.0 Å². The summed E-state index contributed by atoms with van der Waals surface area (Å²) in [6.45, 7) is 6.19. The van der Waals surface area contributed by atoms with Crippen molar-refractivity contribution in [3.8, 4) is 0 Å². The molecule has 0 saturated carbocycles. The number of ether oxygens (including phenoxy) is 3.